The molecule has 20 heavy (non-hydrogen) atoms. The number of hydrogen-bond acceptors (Lipinski definition) is 4. The molecular weight excluding hydrogens is 254 g/mol. The number of anilines is 2. The number of rotatable bonds is 4. The predicted molar refractivity (Wildman–Crippen MR) is 80.8 cm³/mol. The average molecular weight is 271 g/mol. The van der Waals surface area contributed by atoms with Gasteiger partial charge in [0.25, 0.3) is 5.69 Å². The number of nitro groups is 1. The van der Waals surface area contributed by atoms with E-state index in [1.54, 1.807) is 12.1 Å². The summed E-state index contributed by atoms with van der Waals surface area (Å²) in [6.07, 6.45) is 0. The van der Waals surface area contributed by atoms with Crippen LogP contribution in [0.5, 0.6) is 0 Å². The van der Waals surface area contributed by atoms with Gasteiger partial charge in [0.15, 0.2) is 0 Å². The maximum absolute atomic E-state index is 10.7. The van der Waals surface area contributed by atoms with E-state index in [1.807, 2.05) is 25.2 Å². The number of aryl methyl sites for hydroxylation is 1. The van der Waals surface area contributed by atoms with Crippen molar-refractivity contribution in [2.24, 2.45) is 0 Å². The fourth-order valence-corrected chi connectivity index (χ4v) is 2.22. The highest BCUT2D eigenvalue weighted by atomic mass is 16.6. The number of nitrogen functional groups attached to an aromatic ring is 1. The van der Waals surface area contributed by atoms with Crippen molar-refractivity contribution in [1.29, 1.82) is 0 Å². The van der Waals surface area contributed by atoms with Crippen LogP contribution < -0.4 is 10.6 Å². The van der Waals surface area contributed by atoms with Gasteiger partial charge in [-0.1, -0.05) is 24.3 Å². The van der Waals surface area contributed by atoms with E-state index in [-0.39, 0.29) is 11.4 Å². The maximum Gasteiger partial charge on any atom is 0.292 e. The molecule has 0 saturated heterocycles. The first-order chi connectivity index (χ1) is 9.49. The van der Waals surface area contributed by atoms with Crippen LogP contribution in [0.15, 0.2) is 42.5 Å². The zero-order chi connectivity index (χ0) is 14.7. The molecule has 0 unspecified atom stereocenters. The van der Waals surface area contributed by atoms with E-state index in [0.717, 1.165) is 11.3 Å². The molecule has 0 saturated carbocycles. The lowest BCUT2D eigenvalue weighted by Crippen LogP contribution is -2.17. The topological polar surface area (TPSA) is 72.4 Å². The lowest BCUT2D eigenvalue weighted by Gasteiger charge is -2.21. The van der Waals surface area contributed by atoms with Gasteiger partial charge in [-0.15, -0.1) is 0 Å². The summed E-state index contributed by atoms with van der Waals surface area (Å²) in [7, 11) is 1.99. The van der Waals surface area contributed by atoms with Gasteiger partial charge in [0.1, 0.15) is 5.69 Å². The predicted octanol–water partition coefficient (Wildman–Crippen LogP) is 3.12. The molecule has 0 bridgehead atoms. The van der Waals surface area contributed by atoms with Gasteiger partial charge < -0.3 is 10.6 Å². The van der Waals surface area contributed by atoms with E-state index >= 15 is 0 Å². The molecule has 0 spiro atoms. The van der Waals surface area contributed by atoms with Crippen molar-refractivity contribution in [3.63, 3.8) is 0 Å². The Balaban J connectivity index is 2.20. The number of benzene rings is 2. The van der Waals surface area contributed by atoms with Gasteiger partial charge in [-0.3, -0.25) is 10.1 Å². The van der Waals surface area contributed by atoms with Crippen LogP contribution in [0.4, 0.5) is 17.1 Å². The van der Waals surface area contributed by atoms with E-state index in [9.17, 15) is 10.1 Å². The summed E-state index contributed by atoms with van der Waals surface area (Å²) in [5, 5.41) is 10.7. The number of nitrogens with zero attached hydrogens (tertiary/aromatic N) is 2. The molecule has 0 aliphatic carbocycles. The third-order valence-electron chi connectivity index (χ3n) is 3.24. The summed E-state index contributed by atoms with van der Waals surface area (Å²) in [5.41, 5.74) is 9.11. The lowest BCUT2D eigenvalue weighted by molar-refractivity contribution is -0.383. The minimum Gasteiger partial charge on any atom is -0.393 e. The van der Waals surface area contributed by atoms with Crippen LogP contribution in [0.1, 0.15) is 11.1 Å². The number of para-hydroxylation sites is 1. The third kappa shape index (κ3) is 2.88. The summed E-state index contributed by atoms with van der Waals surface area (Å²) >= 11 is 0. The average Bonchev–Trinajstić information content (AvgIpc) is 2.38. The number of nitrogens with two attached hydrogens (primary N) is 1. The summed E-state index contributed by atoms with van der Waals surface area (Å²) in [4.78, 5) is 12.4. The van der Waals surface area contributed by atoms with Crippen molar-refractivity contribution >= 4 is 17.1 Å². The fourth-order valence-electron chi connectivity index (χ4n) is 2.22. The minimum atomic E-state index is -0.468. The molecule has 0 heterocycles. The van der Waals surface area contributed by atoms with Crippen LogP contribution in [0.3, 0.4) is 0 Å². The van der Waals surface area contributed by atoms with E-state index in [2.05, 4.69) is 17.9 Å². The van der Waals surface area contributed by atoms with Crippen LogP contribution in [0.25, 0.3) is 0 Å². The Kier molecular flexibility index (Phi) is 3.89. The van der Waals surface area contributed by atoms with E-state index in [0.29, 0.717) is 6.54 Å². The Hall–Kier alpha value is -2.56. The van der Waals surface area contributed by atoms with Gasteiger partial charge >= 0.3 is 0 Å². The summed E-state index contributed by atoms with van der Waals surface area (Å²) in [6, 6.07) is 12.9. The first kappa shape index (κ1) is 13.9. The Bertz CT molecular complexity index is 641. The molecule has 104 valence electrons. The SMILES string of the molecule is Cc1ccccc1N(C)Cc1ccc([N+](=O)[O-])c(N)c1. The first-order valence-electron chi connectivity index (χ1n) is 6.28. The molecule has 5 nitrogen and oxygen atoms in total. The lowest BCUT2D eigenvalue weighted by atomic mass is 10.1. The molecule has 0 radical (unpaired) electrons. The zero-order valence-electron chi connectivity index (χ0n) is 11.5. The van der Waals surface area contributed by atoms with Crippen LogP contribution in [-0.4, -0.2) is 12.0 Å². The van der Waals surface area contributed by atoms with Crippen LogP contribution in [0.2, 0.25) is 0 Å². The van der Waals surface area contributed by atoms with E-state index < -0.39 is 4.92 Å². The second kappa shape index (κ2) is 5.61. The number of hydrogen-bond donors (Lipinski definition) is 1. The second-order valence-electron chi connectivity index (χ2n) is 4.79. The van der Waals surface area contributed by atoms with Gasteiger partial charge in [0.05, 0.1) is 4.92 Å². The first-order valence-corrected chi connectivity index (χ1v) is 6.28. The van der Waals surface area contributed by atoms with Crippen molar-refractivity contribution in [2.45, 2.75) is 13.5 Å². The van der Waals surface area contributed by atoms with Crippen LogP contribution in [0, 0.1) is 17.0 Å². The molecule has 0 amide bonds. The summed E-state index contributed by atoms with van der Waals surface area (Å²) in [5.74, 6) is 0. The van der Waals surface area contributed by atoms with Gasteiger partial charge in [-0.05, 0) is 30.2 Å². The molecular formula is C15H17N3O2. The van der Waals surface area contributed by atoms with Crippen molar-refractivity contribution in [2.75, 3.05) is 17.7 Å². The highest BCUT2D eigenvalue weighted by Gasteiger charge is 2.12. The van der Waals surface area contributed by atoms with Crippen LogP contribution >= 0.6 is 0 Å². The zero-order valence-corrected chi connectivity index (χ0v) is 11.5. The molecule has 2 aromatic rings. The van der Waals surface area contributed by atoms with Crippen molar-refractivity contribution in [3.05, 3.63) is 63.7 Å². The largest absolute Gasteiger partial charge is 0.393 e. The van der Waals surface area contributed by atoms with E-state index in [1.165, 1.54) is 11.6 Å². The Morgan fingerprint density at radius 2 is 1.95 bits per heavy atom. The molecule has 2 N–H and O–H groups in total. The summed E-state index contributed by atoms with van der Waals surface area (Å²) < 4.78 is 0. The Morgan fingerprint density at radius 3 is 2.55 bits per heavy atom. The third-order valence-corrected chi connectivity index (χ3v) is 3.24. The maximum atomic E-state index is 10.7. The minimum absolute atomic E-state index is 0.0488. The van der Waals surface area contributed by atoms with Gasteiger partial charge in [0.2, 0.25) is 0 Å². The normalized spacial score (nSPS) is 10.3. The van der Waals surface area contributed by atoms with E-state index in [4.69, 9.17) is 5.73 Å². The van der Waals surface area contributed by atoms with Gasteiger partial charge in [0, 0.05) is 25.3 Å². The summed E-state index contributed by atoms with van der Waals surface area (Å²) in [6.45, 7) is 2.70. The Labute approximate surface area is 117 Å². The highest BCUT2D eigenvalue weighted by molar-refractivity contribution is 5.60. The number of nitro benzene ring substituents is 1. The van der Waals surface area contributed by atoms with Crippen molar-refractivity contribution in [1.82, 2.24) is 0 Å². The highest BCUT2D eigenvalue weighted by Crippen LogP contribution is 2.24. The fraction of sp³-hybridized carbons (Fsp3) is 0.200. The van der Waals surface area contributed by atoms with Gasteiger partial charge in [-0.25, -0.2) is 0 Å². The second-order valence-corrected chi connectivity index (χ2v) is 4.79. The molecule has 2 aromatic carbocycles. The molecule has 2 rings (SSSR count). The van der Waals surface area contributed by atoms with Gasteiger partial charge in [-0.2, -0.15) is 0 Å². The molecule has 0 aromatic heterocycles. The molecule has 0 aliphatic heterocycles. The van der Waals surface area contributed by atoms with Crippen molar-refractivity contribution in [3.8, 4) is 0 Å². The molecule has 0 atom stereocenters. The molecule has 0 aliphatic rings. The Morgan fingerprint density at radius 1 is 1.25 bits per heavy atom. The monoisotopic (exact) mass is 271 g/mol. The smallest absolute Gasteiger partial charge is 0.292 e. The van der Waals surface area contributed by atoms with Crippen LogP contribution in [-0.2, 0) is 6.54 Å². The standard InChI is InChI=1S/C15H17N3O2/c1-11-5-3-4-6-14(11)17(2)10-12-7-8-15(18(19)20)13(16)9-12/h3-9H,10,16H2,1-2H3. The van der Waals surface area contributed by atoms with Crippen molar-refractivity contribution < 1.29 is 4.92 Å². The molecule has 5 heteroatoms. The molecule has 0 fully saturated rings. The quantitative estimate of drug-likeness (QED) is 0.527.